The first-order valence-corrected chi connectivity index (χ1v) is 3.73. The molecule has 1 aromatic heterocycles. The number of nitrogens with zero attached hydrogens (tertiary/aromatic N) is 3. The molecule has 1 aromatic rings. The van der Waals surface area contributed by atoms with Crippen LogP contribution < -0.4 is 5.43 Å². The minimum Gasteiger partial charge on any atom is -0.369 e. The summed E-state index contributed by atoms with van der Waals surface area (Å²) < 4.78 is 6.67. The highest BCUT2D eigenvalue weighted by atomic mass is 16.5. The number of hydrogen-bond donors (Lipinski definition) is 1. The standard InChI is InChI=1S/C7H10N4O/c1-11-7(2-3-8-11)10-9-6-4-12-5-6/h2-3,10H,4-5H2,1H3. The number of aromatic nitrogens is 2. The quantitative estimate of drug-likeness (QED) is 0.639. The van der Waals surface area contributed by atoms with Crippen LogP contribution >= 0.6 is 0 Å². The monoisotopic (exact) mass is 166 g/mol. The predicted octanol–water partition coefficient (Wildman–Crippen LogP) is 0.218. The van der Waals surface area contributed by atoms with Crippen LogP contribution in [0.3, 0.4) is 0 Å². The highest BCUT2D eigenvalue weighted by Crippen LogP contribution is 2.04. The fourth-order valence-corrected chi connectivity index (χ4v) is 0.878. The number of anilines is 1. The Hall–Kier alpha value is -1.36. The molecule has 0 spiro atoms. The van der Waals surface area contributed by atoms with Crippen LogP contribution in [0.4, 0.5) is 5.82 Å². The molecule has 12 heavy (non-hydrogen) atoms. The average Bonchev–Trinajstić information content (AvgIpc) is 2.33. The first kappa shape index (κ1) is 7.30. The van der Waals surface area contributed by atoms with Crippen molar-refractivity contribution in [3.8, 4) is 0 Å². The Labute approximate surface area is 70.0 Å². The maximum atomic E-state index is 4.94. The largest absolute Gasteiger partial charge is 0.369 e. The molecule has 0 atom stereocenters. The van der Waals surface area contributed by atoms with Gasteiger partial charge in [0, 0.05) is 13.1 Å². The van der Waals surface area contributed by atoms with Crippen LogP contribution in [0.25, 0.3) is 0 Å². The van der Waals surface area contributed by atoms with Crippen molar-refractivity contribution in [3.05, 3.63) is 12.3 Å². The zero-order valence-corrected chi connectivity index (χ0v) is 6.82. The van der Waals surface area contributed by atoms with Gasteiger partial charge in [-0.3, -0.25) is 10.1 Å². The van der Waals surface area contributed by atoms with Crippen molar-refractivity contribution >= 4 is 11.5 Å². The van der Waals surface area contributed by atoms with Crippen LogP contribution in [0, 0.1) is 0 Å². The molecular weight excluding hydrogens is 156 g/mol. The summed E-state index contributed by atoms with van der Waals surface area (Å²) in [5.74, 6) is 0.884. The Bertz CT molecular complexity index is 298. The smallest absolute Gasteiger partial charge is 0.144 e. The second-order valence-corrected chi connectivity index (χ2v) is 2.62. The molecule has 0 aromatic carbocycles. The molecule has 1 aliphatic rings. The van der Waals surface area contributed by atoms with Crippen molar-refractivity contribution in [2.24, 2.45) is 12.1 Å². The van der Waals surface area contributed by atoms with Gasteiger partial charge in [-0.2, -0.15) is 10.2 Å². The van der Waals surface area contributed by atoms with Crippen molar-refractivity contribution in [2.75, 3.05) is 18.6 Å². The van der Waals surface area contributed by atoms with Crippen molar-refractivity contribution in [3.63, 3.8) is 0 Å². The molecule has 1 N–H and O–H groups in total. The summed E-state index contributed by atoms with van der Waals surface area (Å²) in [5.41, 5.74) is 3.94. The van der Waals surface area contributed by atoms with E-state index >= 15 is 0 Å². The van der Waals surface area contributed by atoms with Gasteiger partial charge in [0.25, 0.3) is 0 Å². The Kier molecular flexibility index (Phi) is 1.79. The average molecular weight is 166 g/mol. The van der Waals surface area contributed by atoms with E-state index in [1.165, 1.54) is 0 Å². The maximum Gasteiger partial charge on any atom is 0.144 e. The normalized spacial score (nSPS) is 15.6. The summed E-state index contributed by atoms with van der Waals surface area (Å²) in [4.78, 5) is 0. The van der Waals surface area contributed by atoms with Gasteiger partial charge in [0.1, 0.15) is 5.82 Å². The van der Waals surface area contributed by atoms with Crippen molar-refractivity contribution in [2.45, 2.75) is 0 Å². The van der Waals surface area contributed by atoms with Crippen molar-refractivity contribution in [1.82, 2.24) is 9.78 Å². The van der Waals surface area contributed by atoms with Gasteiger partial charge in [0.15, 0.2) is 0 Å². The van der Waals surface area contributed by atoms with E-state index in [2.05, 4.69) is 15.6 Å². The number of hydrogen-bond acceptors (Lipinski definition) is 4. The second-order valence-electron chi connectivity index (χ2n) is 2.62. The zero-order chi connectivity index (χ0) is 8.39. The SMILES string of the molecule is Cn1nccc1NN=C1COC1. The molecule has 0 aliphatic carbocycles. The van der Waals surface area contributed by atoms with Gasteiger partial charge in [-0.15, -0.1) is 0 Å². The molecule has 5 nitrogen and oxygen atoms in total. The first-order chi connectivity index (χ1) is 5.86. The summed E-state index contributed by atoms with van der Waals surface area (Å²) >= 11 is 0. The number of rotatable bonds is 2. The molecule has 0 radical (unpaired) electrons. The van der Waals surface area contributed by atoms with Crippen LogP contribution in [0.1, 0.15) is 0 Å². The number of hydrazone groups is 1. The molecular formula is C7H10N4O. The van der Waals surface area contributed by atoms with E-state index in [4.69, 9.17) is 4.74 Å². The fraction of sp³-hybridized carbons (Fsp3) is 0.429. The second kappa shape index (κ2) is 2.94. The number of aryl methyl sites for hydroxylation is 1. The van der Waals surface area contributed by atoms with Gasteiger partial charge in [-0.1, -0.05) is 0 Å². The van der Waals surface area contributed by atoms with Gasteiger partial charge in [-0.05, 0) is 0 Å². The topological polar surface area (TPSA) is 51.4 Å². The molecule has 1 saturated heterocycles. The molecule has 64 valence electrons. The summed E-state index contributed by atoms with van der Waals surface area (Å²) in [5, 5.41) is 8.11. The third-order valence-corrected chi connectivity index (χ3v) is 1.69. The van der Waals surface area contributed by atoms with Crippen LogP contribution in [0.5, 0.6) is 0 Å². The van der Waals surface area contributed by atoms with E-state index in [0.29, 0.717) is 13.2 Å². The lowest BCUT2D eigenvalue weighted by Crippen LogP contribution is -2.28. The summed E-state index contributed by atoms with van der Waals surface area (Å²) in [6.45, 7) is 1.29. The maximum absolute atomic E-state index is 4.94. The van der Waals surface area contributed by atoms with Crippen molar-refractivity contribution < 1.29 is 4.74 Å². The van der Waals surface area contributed by atoms with E-state index in [1.54, 1.807) is 10.9 Å². The third kappa shape index (κ3) is 1.31. The highest BCUT2D eigenvalue weighted by molar-refractivity contribution is 5.91. The molecule has 0 saturated carbocycles. The lowest BCUT2D eigenvalue weighted by atomic mass is 10.3. The molecule has 2 rings (SSSR count). The molecule has 0 unspecified atom stereocenters. The minimum absolute atomic E-state index is 0.644. The third-order valence-electron chi connectivity index (χ3n) is 1.69. The molecule has 1 aliphatic heterocycles. The summed E-state index contributed by atoms with van der Waals surface area (Å²) in [7, 11) is 1.86. The fourth-order valence-electron chi connectivity index (χ4n) is 0.878. The Morgan fingerprint density at radius 2 is 2.50 bits per heavy atom. The van der Waals surface area contributed by atoms with Crippen LogP contribution in [0.2, 0.25) is 0 Å². The predicted molar refractivity (Wildman–Crippen MR) is 45.1 cm³/mol. The van der Waals surface area contributed by atoms with Crippen LogP contribution in [0.15, 0.2) is 17.4 Å². The van der Waals surface area contributed by atoms with E-state index in [-0.39, 0.29) is 0 Å². The number of nitrogens with one attached hydrogen (secondary N) is 1. The molecule has 2 heterocycles. The molecule has 0 bridgehead atoms. The van der Waals surface area contributed by atoms with Crippen molar-refractivity contribution in [1.29, 1.82) is 0 Å². The number of ether oxygens (including phenoxy) is 1. The van der Waals surface area contributed by atoms with E-state index < -0.39 is 0 Å². The zero-order valence-electron chi connectivity index (χ0n) is 6.82. The molecule has 0 amide bonds. The Morgan fingerprint density at radius 3 is 3.00 bits per heavy atom. The highest BCUT2D eigenvalue weighted by Gasteiger charge is 2.10. The molecule has 1 fully saturated rings. The van der Waals surface area contributed by atoms with E-state index in [0.717, 1.165) is 11.5 Å². The lowest BCUT2D eigenvalue weighted by Gasteiger charge is -2.15. The van der Waals surface area contributed by atoms with E-state index in [1.807, 2.05) is 13.1 Å². The lowest BCUT2D eigenvalue weighted by molar-refractivity contribution is 0.159. The molecule has 5 heteroatoms. The first-order valence-electron chi connectivity index (χ1n) is 3.73. The van der Waals surface area contributed by atoms with E-state index in [9.17, 15) is 0 Å². The Morgan fingerprint density at radius 1 is 1.67 bits per heavy atom. The van der Waals surface area contributed by atoms with Gasteiger partial charge in [0.05, 0.1) is 25.1 Å². The van der Waals surface area contributed by atoms with Crippen LogP contribution in [-0.4, -0.2) is 28.7 Å². The summed E-state index contributed by atoms with van der Waals surface area (Å²) in [6, 6.07) is 1.86. The van der Waals surface area contributed by atoms with Gasteiger partial charge in [0.2, 0.25) is 0 Å². The summed E-state index contributed by atoms with van der Waals surface area (Å²) in [6.07, 6.45) is 1.72. The van der Waals surface area contributed by atoms with Gasteiger partial charge >= 0.3 is 0 Å². The van der Waals surface area contributed by atoms with Gasteiger partial charge < -0.3 is 4.74 Å². The minimum atomic E-state index is 0.644. The Balaban J connectivity index is 1.99. The van der Waals surface area contributed by atoms with Gasteiger partial charge in [-0.25, -0.2) is 0 Å². The van der Waals surface area contributed by atoms with Crippen LogP contribution in [-0.2, 0) is 11.8 Å².